The summed E-state index contributed by atoms with van der Waals surface area (Å²) >= 11 is 5.85. The van der Waals surface area contributed by atoms with Crippen LogP contribution in [0.2, 0.25) is 5.02 Å². The Morgan fingerprint density at radius 1 is 1.37 bits per heavy atom. The molecule has 1 saturated heterocycles. The zero-order chi connectivity index (χ0) is 13.2. The second-order valence-electron chi connectivity index (χ2n) is 4.80. The first-order valence-corrected chi connectivity index (χ1v) is 6.65. The second kappa shape index (κ2) is 5.28. The maximum atomic E-state index is 5.87. The normalized spacial score (nSPS) is 20.0. The van der Waals surface area contributed by atoms with Crippen LogP contribution >= 0.6 is 11.6 Å². The molecular weight excluding hydrogens is 264 g/mol. The molecule has 1 aliphatic heterocycles. The second-order valence-corrected chi connectivity index (χ2v) is 5.24. The van der Waals surface area contributed by atoms with Gasteiger partial charge in [-0.2, -0.15) is 4.98 Å². The van der Waals surface area contributed by atoms with Gasteiger partial charge in [-0.05, 0) is 30.7 Å². The maximum absolute atomic E-state index is 5.87. The molecule has 2 aromatic rings. The number of nitrogens with zero attached hydrogens (tertiary/aromatic N) is 3. The SMILES string of the molecule is N[C@H]1CCN(Cc2nc(-c3ccc(Cl)cc3)no2)C1. The highest BCUT2D eigenvalue weighted by Crippen LogP contribution is 2.19. The Morgan fingerprint density at radius 2 is 2.16 bits per heavy atom. The summed E-state index contributed by atoms with van der Waals surface area (Å²) in [7, 11) is 0. The fraction of sp³-hybridized carbons (Fsp3) is 0.385. The molecule has 0 aliphatic carbocycles. The molecule has 0 spiro atoms. The van der Waals surface area contributed by atoms with Gasteiger partial charge in [-0.1, -0.05) is 16.8 Å². The number of hydrogen-bond donors (Lipinski definition) is 1. The lowest BCUT2D eigenvalue weighted by atomic mass is 10.2. The third-order valence-corrected chi connectivity index (χ3v) is 3.49. The molecule has 1 atom stereocenters. The number of rotatable bonds is 3. The quantitative estimate of drug-likeness (QED) is 0.929. The van der Waals surface area contributed by atoms with Gasteiger partial charge >= 0.3 is 0 Å². The Bertz CT molecular complexity index is 554. The molecule has 19 heavy (non-hydrogen) atoms. The minimum atomic E-state index is 0.263. The minimum absolute atomic E-state index is 0.263. The van der Waals surface area contributed by atoms with Crippen molar-refractivity contribution < 1.29 is 4.52 Å². The molecule has 1 fully saturated rings. The minimum Gasteiger partial charge on any atom is -0.338 e. The van der Waals surface area contributed by atoms with E-state index in [1.54, 1.807) is 0 Å². The van der Waals surface area contributed by atoms with E-state index in [9.17, 15) is 0 Å². The Balaban J connectivity index is 1.71. The van der Waals surface area contributed by atoms with Crippen LogP contribution in [0.25, 0.3) is 11.4 Å². The number of likely N-dealkylation sites (tertiary alicyclic amines) is 1. The van der Waals surface area contributed by atoms with Crippen molar-refractivity contribution in [2.45, 2.75) is 19.0 Å². The van der Waals surface area contributed by atoms with Crippen LogP contribution in [0.3, 0.4) is 0 Å². The molecule has 1 aliphatic rings. The van der Waals surface area contributed by atoms with Crippen molar-refractivity contribution in [3.8, 4) is 11.4 Å². The molecule has 6 heteroatoms. The van der Waals surface area contributed by atoms with Gasteiger partial charge in [0, 0.05) is 29.7 Å². The van der Waals surface area contributed by atoms with E-state index in [0.29, 0.717) is 23.3 Å². The van der Waals surface area contributed by atoms with E-state index in [1.165, 1.54) is 0 Å². The molecule has 2 N–H and O–H groups in total. The van der Waals surface area contributed by atoms with E-state index in [0.717, 1.165) is 25.1 Å². The van der Waals surface area contributed by atoms with Crippen LogP contribution in [0.15, 0.2) is 28.8 Å². The summed E-state index contributed by atoms with van der Waals surface area (Å²) in [6.07, 6.45) is 1.03. The topological polar surface area (TPSA) is 68.2 Å². The van der Waals surface area contributed by atoms with Crippen molar-refractivity contribution in [2.75, 3.05) is 13.1 Å². The molecule has 1 aromatic carbocycles. The Morgan fingerprint density at radius 3 is 2.84 bits per heavy atom. The van der Waals surface area contributed by atoms with E-state index in [-0.39, 0.29) is 6.04 Å². The summed E-state index contributed by atoms with van der Waals surface area (Å²) in [4.78, 5) is 6.62. The van der Waals surface area contributed by atoms with Gasteiger partial charge < -0.3 is 10.3 Å². The Labute approximate surface area is 116 Å². The van der Waals surface area contributed by atoms with Gasteiger partial charge in [0.25, 0.3) is 0 Å². The third kappa shape index (κ3) is 2.94. The van der Waals surface area contributed by atoms with Gasteiger partial charge in [0.1, 0.15) is 0 Å². The van der Waals surface area contributed by atoms with Gasteiger partial charge in [-0.3, -0.25) is 4.90 Å². The predicted octanol–water partition coefficient (Wildman–Crippen LogP) is 1.92. The highest BCUT2D eigenvalue weighted by atomic mass is 35.5. The lowest BCUT2D eigenvalue weighted by Gasteiger charge is -2.10. The maximum Gasteiger partial charge on any atom is 0.241 e. The van der Waals surface area contributed by atoms with Gasteiger partial charge in [0.05, 0.1) is 6.54 Å². The first-order valence-electron chi connectivity index (χ1n) is 6.27. The zero-order valence-corrected chi connectivity index (χ0v) is 11.2. The smallest absolute Gasteiger partial charge is 0.241 e. The van der Waals surface area contributed by atoms with Crippen molar-refractivity contribution >= 4 is 11.6 Å². The zero-order valence-electron chi connectivity index (χ0n) is 10.4. The molecule has 100 valence electrons. The fourth-order valence-corrected chi connectivity index (χ4v) is 2.36. The molecular formula is C13H15ClN4O. The van der Waals surface area contributed by atoms with E-state index < -0.39 is 0 Å². The summed E-state index contributed by atoms with van der Waals surface area (Å²) in [6.45, 7) is 2.53. The van der Waals surface area contributed by atoms with Crippen LogP contribution in [-0.2, 0) is 6.54 Å². The fourth-order valence-electron chi connectivity index (χ4n) is 2.23. The molecule has 1 aromatic heterocycles. The monoisotopic (exact) mass is 278 g/mol. The standard InChI is InChI=1S/C13H15ClN4O/c14-10-3-1-9(2-4-10)13-16-12(19-17-13)8-18-6-5-11(15)7-18/h1-4,11H,5-8,15H2/t11-/m0/s1. The summed E-state index contributed by atoms with van der Waals surface area (Å²) < 4.78 is 5.27. The first-order chi connectivity index (χ1) is 9.20. The van der Waals surface area contributed by atoms with Crippen LogP contribution in [0, 0.1) is 0 Å². The highest BCUT2D eigenvalue weighted by molar-refractivity contribution is 6.30. The van der Waals surface area contributed by atoms with Crippen molar-refractivity contribution in [3.05, 3.63) is 35.2 Å². The summed E-state index contributed by atoms with van der Waals surface area (Å²) in [5, 5.41) is 4.68. The third-order valence-electron chi connectivity index (χ3n) is 3.24. The van der Waals surface area contributed by atoms with Crippen LogP contribution < -0.4 is 5.73 Å². The average Bonchev–Trinajstić information content (AvgIpc) is 3.00. The summed E-state index contributed by atoms with van der Waals surface area (Å²) in [6, 6.07) is 7.64. The van der Waals surface area contributed by atoms with Crippen molar-refractivity contribution in [2.24, 2.45) is 5.73 Å². The van der Waals surface area contributed by atoms with Crippen LogP contribution in [0.4, 0.5) is 0 Å². The predicted molar refractivity (Wildman–Crippen MR) is 72.6 cm³/mol. The Hall–Kier alpha value is -1.43. The van der Waals surface area contributed by atoms with E-state index in [2.05, 4.69) is 15.0 Å². The molecule has 0 amide bonds. The first kappa shape index (κ1) is 12.6. The van der Waals surface area contributed by atoms with Crippen LogP contribution in [0.5, 0.6) is 0 Å². The van der Waals surface area contributed by atoms with Crippen molar-refractivity contribution in [1.82, 2.24) is 15.0 Å². The van der Waals surface area contributed by atoms with Gasteiger partial charge in [0.15, 0.2) is 0 Å². The van der Waals surface area contributed by atoms with Crippen molar-refractivity contribution in [1.29, 1.82) is 0 Å². The van der Waals surface area contributed by atoms with Crippen molar-refractivity contribution in [3.63, 3.8) is 0 Å². The van der Waals surface area contributed by atoms with Gasteiger partial charge in [-0.15, -0.1) is 0 Å². The van der Waals surface area contributed by atoms with Gasteiger partial charge in [0.2, 0.25) is 11.7 Å². The molecule has 0 bridgehead atoms. The lowest BCUT2D eigenvalue weighted by molar-refractivity contribution is 0.265. The molecule has 5 nitrogen and oxygen atoms in total. The summed E-state index contributed by atoms with van der Waals surface area (Å²) in [5.41, 5.74) is 6.77. The number of halogens is 1. The lowest BCUT2D eigenvalue weighted by Crippen LogP contribution is -2.26. The van der Waals surface area contributed by atoms with Gasteiger partial charge in [-0.25, -0.2) is 0 Å². The number of nitrogens with two attached hydrogens (primary N) is 1. The van der Waals surface area contributed by atoms with E-state index in [1.807, 2.05) is 24.3 Å². The highest BCUT2D eigenvalue weighted by Gasteiger charge is 2.21. The number of aromatic nitrogens is 2. The number of benzene rings is 1. The molecule has 2 heterocycles. The Kier molecular flexibility index (Phi) is 3.50. The van der Waals surface area contributed by atoms with Crippen LogP contribution in [0.1, 0.15) is 12.3 Å². The largest absolute Gasteiger partial charge is 0.338 e. The molecule has 0 saturated carbocycles. The molecule has 0 radical (unpaired) electrons. The van der Waals surface area contributed by atoms with Crippen LogP contribution in [-0.4, -0.2) is 34.2 Å². The average molecular weight is 279 g/mol. The summed E-state index contributed by atoms with van der Waals surface area (Å²) in [5.74, 6) is 1.22. The van der Waals surface area contributed by atoms with E-state index >= 15 is 0 Å². The number of hydrogen-bond acceptors (Lipinski definition) is 5. The molecule has 3 rings (SSSR count). The van der Waals surface area contributed by atoms with E-state index in [4.69, 9.17) is 21.9 Å². The molecule has 0 unspecified atom stereocenters.